The summed E-state index contributed by atoms with van der Waals surface area (Å²) in [6.07, 6.45) is 3.00. The maximum Gasteiger partial charge on any atom is 0.234 e. The van der Waals surface area contributed by atoms with Crippen LogP contribution in [0.3, 0.4) is 0 Å². The third-order valence-corrected chi connectivity index (χ3v) is 1.72. The van der Waals surface area contributed by atoms with Gasteiger partial charge in [-0.15, -0.1) is 0 Å². The van der Waals surface area contributed by atoms with E-state index in [2.05, 4.69) is 12.2 Å². The van der Waals surface area contributed by atoms with Crippen molar-refractivity contribution < 1.29 is 4.79 Å². The number of rotatable bonds is 6. The molecule has 0 aromatic rings. The molecular weight excluding hydrogens is 152 g/mol. The Hall–Kier alpha value is -0.570. The Balaban J connectivity index is 3.78. The Kier molecular flexibility index (Phi) is 5.72. The van der Waals surface area contributed by atoms with Gasteiger partial charge in [-0.05, 0) is 6.42 Å². The predicted octanol–water partition coefficient (Wildman–Crippen LogP) is 1.03. The molecule has 0 aliphatic rings. The van der Waals surface area contributed by atoms with Crippen LogP contribution < -0.4 is 11.1 Å². The maximum atomic E-state index is 10.9. The first-order valence-corrected chi connectivity index (χ1v) is 4.63. The predicted molar refractivity (Wildman–Crippen MR) is 50.8 cm³/mol. The third kappa shape index (κ3) is 5.13. The molecule has 1 amide bonds. The summed E-state index contributed by atoms with van der Waals surface area (Å²) >= 11 is 0. The minimum atomic E-state index is -0.239. The van der Waals surface area contributed by atoms with Crippen molar-refractivity contribution in [2.24, 2.45) is 5.73 Å². The second kappa shape index (κ2) is 6.00. The molecule has 0 bridgehead atoms. The Bertz CT molecular complexity index is 134. The van der Waals surface area contributed by atoms with E-state index in [9.17, 15) is 4.79 Å². The van der Waals surface area contributed by atoms with Gasteiger partial charge in [0, 0.05) is 6.04 Å². The van der Waals surface area contributed by atoms with Crippen LogP contribution in [0.15, 0.2) is 0 Å². The molecule has 3 nitrogen and oxygen atoms in total. The molecule has 3 N–H and O–H groups in total. The van der Waals surface area contributed by atoms with Crippen LogP contribution in [0.5, 0.6) is 0 Å². The van der Waals surface area contributed by atoms with Crippen molar-refractivity contribution in [3.8, 4) is 0 Å². The van der Waals surface area contributed by atoms with Crippen molar-refractivity contribution in [1.82, 2.24) is 5.32 Å². The number of carbonyl (C=O) groups excluding carboxylic acids is 1. The summed E-state index contributed by atoms with van der Waals surface area (Å²) in [5.41, 5.74) is 5.22. The molecule has 1 atom stereocenters. The minimum absolute atomic E-state index is 0.148. The molecule has 0 radical (unpaired) electrons. The number of primary amides is 1. The van der Waals surface area contributed by atoms with Crippen LogP contribution in [0.2, 0.25) is 0 Å². The molecule has 0 heterocycles. The summed E-state index contributed by atoms with van der Waals surface area (Å²) in [6.45, 7) is 6.14. The summed E-state index contributed by atoms with van der Waals surface area (Å²) < 4.78 is 0. The van der Waals surface area contributed by atoms with Crippen LogP contribution in [0.1, 0.15) is 40.0 Å². The molecule has 0 unspecified atom stereocenters. The second-order valence-corrected chi connectivity index (χ2v) is 3.42. The zero-order chi connectivity index (χ0) is 9.56. The second-order valence-electron chi connectivity index (χ2n) is 3.42. The molecule has 0 aliphatic heterocycles. The van der Waals surface area contributed by atoms with E-state index in [-0.39, 0.29) is 11.9 Å². The van der Waals surface area contributed by atoms with Crippen LogP contribution in [0, 0.1) is 0 Å². The lowest BCUT2D eigenvalue weighted by atomic mass is 10.1. The number of unbranched alkanes of at least 4 members (excludes halogenated alkanes) is 1. The number of amides is 1. The van der Waals surface area contributed by atoms with Crippen molar-refractivity contribution in [3.63, 3.8) is 0 Å². The van der Waals surface area contributed by atoms with Gasteiger partial charge in [0.25, 0.3) is 0 Å². The lowest BCUT2D eigenvalue weighted by Crippen LogP contribution is -2.44. The van der Waals surface area contributed by atoms with E-state index >= 15 is 0 Å². The van der Waals surface area contributed by atoms with Crippen LogP contribution in [0.4, 0.5) is 0 Å². The molecule has 12 heavy (non-hydrogen) atoms. The third-order valence-electron chi connectivity index (χ3n) is 1.72. The smallest absolute Gasteiger partial charge is 0.234 e. The number of hydrogen-bond acceptors (Lipinski definition) is 2. The summed E-state index contributed by atoms with van der Waals surface area (Å²) in [5, 5.41) is 3.14. The topological polar surface area (TPSA) is 55.1 Å². The minimum Gasteiger partial charge on any atom is -0.368 e. The van der Waals surface area contributed by atoms with Crippen LogP contribution >= 0.6 is 0 Å². The van der Waals surface area contributed by atoms with E-state index in [1.54, 1.807) is 0 Å². The SMILES string of the molecule is CCCC[C@H](NC(C)C)C(N)=O. The Morgan fingerprint density at radius 1 is 1.50 bits per heavy atom. The zero-order valence-electron chi connectivity index (χ0n) is 8.26. The van der Waals surface area contributed by atoms with Gasteiger partial charge in [0.15, 0.2) is 0 Å². The number of hydrogen-bond donors (Lipinski definition) is 2. The van der Waals surface area contributed by atoms with Crippen LogP contribution in [0.25, 0.3) is 0 Å². The Morgan fingerprint density at radius 2 is 2.08 bits per heavy atom. The average molecular weight is 172 g/mol. The van der Waals surface area contributed by atoms with Gasteiger partial charge in [-0.3, -0.25) is 4.79 Å². The van der Waals surface area contributed by atoms with E-state index < -0.39 is 0 Å². The zero-order valence-corrected chi connectivity index (χ0v) is 8.26. The number of nitrogens with one attached hydrogen (secondary N) is 1. The molecular formula is C9H20N2O. The standard InChI is InChI=1S/C9H20N2O/c1-4-5-6-8(9(10)12)11-7(2)3/h7-8,11H,4-6H2,1-3H3,(H2,10,12)/t8-/m0/s1. The molecule has 0 aromatic carbocycles. The molecule has 3 heteroatoms. The van der Waals surface area contributed by atoms with Crippen molar-refractivity contribution in [2.45, 2.75) is 52.1 Å². The van der Waals surface area contributed by atoms with Gasteiger partial charge in [0.05, 0.1) is 6.04 Å². The molecule has 72 valence electrons. The first-order chi connectivity index (χ1) is 5.57. The van der Waals surface area contributed by atoms with Crippen molar-refractivity contribution in [1.29, 1.82) is 0 Å². The van der Waals surface area contributed by atoms with Gasteiger partial charge < -0.3 is 11.1 Å². The Labute approximate surface area is 74.7 Å². The van der Waals surface area contributed by atoms with E-state index in [1.807, 2.05) is 13.8 Å². The van der Waals surface area contributed by atoms with Gasteiger partial charge in [0.1, 0.15) is 0 Å². The van der Waals surface area contributed by atoms with E-state index in [4.69, 9.17) is 5.73 Å². The van der Waals surface area contributed by atoms with Gasteiger partial charge in [-0.1, -0.05) is 33.6 Å². The molecule has 0 rings (SSSR count). The molecule has 0 fully saturated rings. The van der Waals surface area contributed by atoms with E-state index in [0.29, 0.717) is 6.04 Å². The highest BCUT2D eigenvalue weighted by atomic mass is 16.1. The van der Waals surface area contributed by atoms with Crippen molar-refractivity contribution in [3.05, 3.63) is 0 Å². The summed E-state index contributed by atoms with van der Waals surface area (Å²) in [5.74, 6) is -0.239. The fourth-order valence-corrected chi connectivity index (χ4v) is 1.12. The van der Waals surface area contributed by atoms with E-state index in [1.165, 1.54) is 0 Å². The van der Waals surface area contributed by atoms with Gasteiger partial charge in [-0.25, -0.2) is 0 Å². The van der Waals surface area contributed by atoms with Crippen LogP contribution in [-0.4, -0.2) is 18.0 Å². The molecule has 0 spiro atoms. The fraction of sp³-hybridized carbons (Fsp3) is 0.889. The summed E-state index contributed by atoms with van der Waals surface area (Å²) in [7, 11) is 0. The normalized spacial score (nSPS) is 13.3. The highest BCUT2D eigenvalue weighted by Crippen LogP contribution is 2.00. The lowest BCUT2D eigenvalue weighted by Gasteiger charge is -2.17. The number of carbonyl (C=O) groups is 1. The van der Waals surface area contributed by atoms with Crippen molar-refractivity contribution in [2.75, 3.05) is 0 Å². The lowest BCUT2D eigenvalue weighted by molar-refractivity contribution is -0.120. The largest absolute Gasteiger partial charge is 0.368 e. The van der Waals surface area contributed by atoms with E-state index in [0.717, 1.165) is 19.3 Å². The highest BCUT2D eigenvalue weighted by molar-refractivity contribution is 5.79. The molecule has 0 saturated carbocycles. The molecule has 0 aliphatic carbocycles. The quantitative estimate of drug-likeness (QED) is 0.628. The Morgan fingerprint density at radius 3 is 2.42 bits per heavy atom. The first kappa shape index (κ1) is 11.4. The summed E-state index contributed by atoms with van der Waals surface area (Å²) in [4.78, 5) is 10.9. The van der Waals surface area contributed by atoms with Gasteiger partial charge >= 0.3 is 0 Å². The monoisotopic (exact) mass is 172 g/mol. The van der Waals surface area contributed by atoms with Gasteiger partial charge in [-0.2, -0.15) is 0 Å². The number of nitrogens with two attached hydrogens (primary N) is 1. The highest BCUT2D eigenvalue weighted by Gasteiger charge is 2.14. The van der Waals surface area contributed by atoms with Gasteiger partial charge in [0.2, 0.25) is 5.91 Å². The average Bonchev–Trinajstić information content (AvgIpc) is 1.96. The van der Waals surface area contributed by atoms with Crippen molar-refractivity contribution >= 4 is 5.91 Å². The molecule has 0 aromatic heterocycles. The fourth-order valence-electron chi connectivity index (χ4n) is 1.12. The van der Waals surface area contributed by atoms with Crippen LogP contribution in [-0.2, 0) is 4.79 Å². The maximum absolute atomic E-state index is 10.9. The summed E-state index contributed by atoms with van der Waals surface area (Å²) in [6, 6.07) is 0.171. The first-order valence-electron chi connectivity index (χ1n) is 4.63. The molecule has 0 saturated heterocycles.